The number of rotatable bonds is 7. The standard InChI is InChI=1S/C4H10O8S2.Na/c5-3-1-2-4-11-14(9,10)12-13(6,7)8;/h5H,1-4H2,(H,6,7,8);/q;+1/p-1. The molecule has 0 aromatic heterocycles. The Balaban J connectivity index is 0. The van der Waals surface area contributed by atoms with Crippen LogP contribution in [0.4, 0.5) is 0 Å². The summed E-state index contributed by atoms with van der Waals surface area (Å²) in [4.78, 5) is 0. The molecule has 0 aliphatic carbocycles. The van der Waals surface area contributed by atoms with Crippen LogP contribution in [0.25, 0.3) is 0 Å². The van der Waals surface area contributed by atoms with Gasteiger partial charge in [-0.05, 0) is 12.8 Å². The molecule has 0 aliphatic rings. The Kier molecular flexibility index (Phi) is 9.57. The van der Waals surface area contributed by atoms with E-state index in [0.29, 0.717) is 6.42 Å². The minimum absolute atomic E-state index is 0. The van der Waals surface area contributed by atoms with E-state index in [9.17, 15) is 21.4 Å². The van der Waals surface area contributed by atoms with Gasteiger partial charge in [-0.3, -0.25) is 0 Å². The fourth-order valence-electron chi connectivity index (χ4n) is 0.497. The molecule has 0 aromatic carbocycles. The molecule has 0 unspecified atom stereocenters. The summed E-state index contributed by atoms with van der Waals surface area (Å²) in [5, 5.41) is 8.30. The van der Waals surface area contributed by atoms with Crippen molar-refractivity contribution in [2.45, 2.75) is 12.8 Å². The molecule has 0 spiro atoms. The van der Waals surface area contributed by atoms with Crippen molar-refractivity contribution in [1.82, 2.24) is 0 Å². The van der Waals surface area contributed by atoms with Crippen molar-refractivity contribution in [3.63, 3.8) is 0 Å². The van der Waals surface area contributed by atoms with Gasteiger partial charge in [0.15, 0.2) is 0 Å². The molecule has 0 saturated heterocycles. The van der Waals surface area contributed by atoms with Crippen molar-refractivity contribution in [1.29, 1.82) is 0 Å². The second kappa shape index (κ2) is 7.92. The van der Waals surface area contributed by atoms with Gasteiger partial charge < -0.3 is 9.66 Å². The third-order valence-electron chi connectivity index (χ3n) is 0.947. The van der Waals surface area contributed by atoms with E-state index in [4.69, 9.17) is 5.11 Å². The molecular weight excluding hydrogens is 263 g/mol. The molecular formula is C4H9NaO8S2. The maximum Gasteiger partial charge on any atom is 1.00 e. The summed E-state index contributed by atoms with van der Waals surface area (Å²) in [6.45, 7) is -0.511. The van der Waals surface area contributed by atoms with Crippen LogP contribution >= 0.6 is 0 Å². The van der Waals surface area contributed by atoms with Crippen molar-refractivity contribution < 1.29 is 63.9 Å². The van der Waals surface area contributed by atoms with E-state index < -0.39 is 20.8 Å². The fourth-order valence-corrected chi connectivity index (χ4v) is 1.79. The van der Waals surface area contributed by atoms with E-state index in [1.54, 1.807) is 0 Å². The third-order valence-corrected chi connectivity index (χ3v) is 2.74. The molecule has 0 rings (SSSR count). The Morgan fingerprint density at radius 1 is 1.13 bits per heavy atom. The largest absolute Gasteiger partial charge is 1.00 e. The van der Waals surface area contributed by atoms with Gasteiger partial charge in [-0.25, -0.2) is 12.6 Å². The van der Waals surface area contributed by atoms with E-state index in [-0.39, 0.29) is 49.2 Å². The van der Waals surface area contributed by atoms with Gasteiger partial charge in [-0.15, -0.1) is 3.63 Å². The number of aliphatic hydroxyl groups excluding tert-OH is 1. The van der Waals surface area contributed by atoms with Crippen LogP contribution in [0.3, 0.4) is 0 Å². The van der Waals surface area contributed by atoms with Crippen LogP contribution in [0, 0.1) is 0 Å². The summed E-state index contributed by atoms with van der Waals surface area (Å²) >= 11 is 0. The van der Waals surface area contributed by atoms with Gasteiger partial charge >= 0.3 is 40.0 Å². The van der Waals surface area contributed by atoms with Crippen molar-refractivity contribution >= 4 is 20.8 Å². The quantitative estimate of drug-likeness (QED) is 0.212. The number of hydrogen-bond acceptors (Lipinski definition) is 8. The van der Waals surface area contributed by atoms with E-state index in [2.05, 4.69) is 7.81 Å². The Morgan fingerprint density at radius 2 is 1.67 bits per heavy atom. The second-order valence-corrected chi connectivity index (χ2v) is 4.55. The van der Waals surface area contributed by atoms with Gasteiger partial charge in [0.05, 0.1) is 6.61 Å². The normalized spacial score (nSPS) is 12.1. The molecule has 0 aromatic rings. The minimum atomic E-state index is -5.34. The summed E-state index contributed by atoms with van der Waals surface area (Å²) in [5.41, 5.74) is 0. The number of aliphatic hydroxyl groups is 1. The summed E-state index contributed by atoms with van der Waals surface area (Å²) in [6.07, 6.45) is 0.484. The molecule has 0 bridgehead atoms. The van der Waals surface area contributed by atoms with Crippen molar-refractivity contribution in [2.24, 2.45) is 0 Å². The van der Waals surface area contributed by atoms with Gasteiger partial charge in [0.25, 0.3) is 0 Å². The zero-order chi connectivity index (χ0) is 11.2. The van der Waals surface area contributed by atoms with E-state index in [1.165, 1.54) is 0 Å². The Morgan fingerprint density at radius 3 is 2.07 bits per heavy atom. The van der Waals surface area contributed by atoms with Crippen LogP contribution < -0.4 is 29.6 Å². The first kappa shape index (κ1) is 18.1. The van der Waals surface area contributed by atoms with Gasteiger partial charge in [0, 0.05) is 6.61 Å². The number of unbranched alkanes of at least 4 members (excludes halogenated alkanes) is 1. The van der Waals surface area contributed by atoms with Crippen molar-refractivity contribution in [3.8, 4) is 0 Å². The van der Waals surface area contributed by atoms with E-state index >= 15 is 0 Å². The molecule has 0 amide bonds. The first-order chi connectivity index (χ1) is 6.27. The Bertz CT molecular complexity index is 345. The van der Waals surface area contributed by atoms with Crippen LogP contribution in [0.1, 0.15) is 12.8 Å². The zero-order valence-electron chi connectivity index (χ0n) is 7.95. The summed E-state index contributed by atoms with van der Waals surface area (Å²) in [6, 6.07) is 0. The SMILES string of the molecule is O=S(=O)([O-])OS(=O)(=O)OCCCCO.[Na+]. The smallest absolute Gasteiger partial charge is 0.725 e. The van der Waals surface area contributed by atoms with Gasteiger partial charge in [0.1, 0.15) is 0 Å². The van der Waals surface area contributed by atoms with Crippen LogP contribution in [-0.2, 0) is 28.6 Å². The molecule has 11 heteroatoms. The third kappa shape index (κ3) is 12.7. The second-order valence-electron chi connectivity index (χ2n) is 2.14. The molecule has 0 saturated carbocycles. The Hall–Kier alpha value is 0.740. The van der Waals surface area contributed by atoms with E-state index in [1.807, 2.05) is 0 Å². The molecule has 0 fully saturated rings. The Labute approximate surface area is 110 Å². The number of hydrogen-bond donors (Lipinski definition) is 1. The average Bonchev–Trinajstić information content (AvgIpc) is 1.93. The summed E-state index contributed by atoms with van der Waals surface area (Å²) < 4.78 is 57.7. The fraction of sp³-hybridized carbons (Fsp3) is 1.00. The molecule has 1 N–H and O–H groups in total. The molecule has 0 radical (unpaired) electrons. The predicted octanol–water partition coefficient (Wildman–Crippen LogP) is -4.50. The van der Waals surface area contributed by atoms with Crippen LogP contribution in [0.5, 0.6) is 0 Å². The molecule has 8 nitrogen and oxygen atoms in total. The van der Waals surface area contributed by atoms with Crippen molar-refractivity contribution in [2.75, 3.05) is 13.2 Å². The van der Waals surface area contributed by atoms with Crippen LogP contribution in [0.15, 0.2) is 0 Å². The zero-order valence-corrected chi connectivity index (χ0v) is 11.6. The minimum Gasteiger partial charge on any atom is -0.725 e. The molecule has 86 valence electrons. The molecule has 0 aliphatic heterocycles. The maximum absolute atomic E-state index is 10.5. The first-order valence-electron chi connectivity index (χ1n) is 3.44. The van der Waals surface area contributed by atoms with Gasteiger partial charge in [-0.2, -0.15) is 8.42 Å². The van der Waals surface area contributed by atoms with Gasteiger partial charge in [0.2, 0.25) is 10.4 Å². The summed E-state index contributed by atoms with van der Waals surface area (Å²) in [7, 11) is -10.1. The predicted molar refractivity (Wildman–Crippen MR) is 42.0 cm³/mol. The maximum atomic E-state index is 10.5. The van der Waals surface area contributed by atoms with E-state index in [0.717, 1.165) is 0 Å². The summed E-state index contributed by atoms with van der Waals surface area (Å²) in [5.74, 6) is 0. The van der Waals surface area contributed by atoms with Gasteiger partial charge in [-0.1, -0.05) is 0 Å². The molecule has 0 atom stereocenters. The average molecular weight is 272 g/mol. The monoisotopic (exact) mass is 272 g/mol. The molecule has 15 heavy (non-hydrogen) atoms. The van der Waals surface area contributed by atoms with Crippen LogP contribution in [0.2, 0.25) is 0 Å². The van der Waals surface area contributed by atoms with Crippen LogP contribution in [-0.4, -0.2) is 39.7 Å². The topological polar surface area (TPSA) is 130 Å². The van der Waals surface area contributed by atoms with Crippen molar-refractivity contribution in [3.05, 3.63) is 0 Å². The molecule has 0 heterocycles. The first-order valence-corrected chi connectivity index (χ1v) is 6.10.